The maximum absolute atomic E-state index is 12.2. The van der Waals surface area contributed by atoms with Crippen molar-refractivity contribution in [2.24, 2.45) is 5.92 Å². The number of rotatable bonds is 23. The minimum absolute atomic E-state index is 0.0975. The van der Waals surface area contributed by atoms with Crippen LogP contribution in [0.2, 0.25) is 0 Å². The van der Waals surface area contributed by atoms with Crippen LogP contribution in [0.15, 0.2) is 0 Å². The van der Waals surface area contributed by atoms with Crippen LogP contribution in [0.1, 0.15) is 110 Å². The molecule has 7 nitrogen and oxygen atoms in total. The smallest absolute Gasteiger partial charge is 0.324 e. The van der Waals surface area contributed by atoms with Gasteiger partial charge < -0.3 is 28.7 Å². The Morgan fingerprint density at radius 1 is 0.972 bits per heavy atom. The number of unbranched alkanes of at least 4 members (excludes halogenated alkanes) is 12. The minimum Gasteiger partial charge on any atom is -0.382 e. The van der Waals surface area contributed by atoms with Gasteiger partial charge in [0.05, 0.1) is 6.61 Å². The van der Waals surface area contributed by atoms with E-state index in [9.17, 15) is 9.69 Å². The van der Waals surface area contributed by atoms with Crippen molar-refractivity contribution in [3.63, 3.8) is 0 Å². The molecule has 2 unspecified atom stereocenters. The third-order valence-corrected chi connectivity index (χ3v) is 8.58. The van der Waals surface area contributed by atoms with Gasteiger partial charge in [-0.15, -0.1) is 0 Å². The van der Waals surface area contributed by atoms with E-state index in [0.29, 0.717) is 19.4 Å². The second kappa shape index (κ2) is 20.9. The summed E-state index contributed by atoms with van der Waals surface area (Å²) in [5, 5.41) is 3.00. The van der Waals surface area contributed by atoms with Gasteiger partial charge in [-0.3, -0.25) is 4.79 Å². The molecule has 1 heterocycles. The molecule has 1 saturated heterocycles. The molecule has 1 rings (SSSR count). The fraction of sp³-hybridized carbons (Fsp3) is 0.962. The van der Waals surface area contributed by atoms with Crippen molar-refractivity contribution in [1.29, 1.82) is 0 Å². The molecule has 0 bridgehead atoms. The maximum atomic E-state index is 12.2. The first kappa shape index (κ1) is 34.0. The predicted molar refractivity (Wildman–Crippen MR) is 151 cm³/mol. The van der Waals surface area contributed by atoms with Gasteiger partial charge in [0.2, 0.25) is 5.91 Å². The molecular formula is C26H51BNO6PS. The monoisotopic (exact) mass is 547 g/mol. The molecule has 0 saturated carbocycles. The average Bonchev–Trinajstić information content (AvgIpc) is 3.13. The van der Waals surface area contributed by atoms with Gasteiger partial charge in [-0.2, -0.15) is 0 Å². The number of hydrogen-bond acceptors (Lipinski definition) is 6. The molecular weight excluding hydrogens is 496 g/mol. The number of ether oxygens (including phenoxy) is 2. The first-order valence-electron chi connectivity index (χ1n) is 14.1. The molecule has 0 aromatic carbocycles. The van der Waals surface area contributed by atoms with E-state index in [-0.39, 0.29) is 18.4 Å². The van der Waals surface area contributed by atoms with Crippen LogP contribution in [-0.2, 0) is 35.1 Å². The fourth-order valence-corrected chi connectivity index (χ4v) is 5.75. The first-order valence-corrected chi connectivity index (χ1v) is 16.7. The maximum Gasteiger partial charge on any atom is 0.324 e. The minimum atomic E-state index is -3.36. The van der Waals surface area contributed by atoms with Gasteiger partial charge in [-0.1, -0.05) is 84.0 Å². The third kappa shape index (κ3) is 15.4. The Bertz CT molecular complexity index is 617. The molecule has 1 aliphatic heterocycles. The molecule has 0 aliphatic carbocycles. The molecule has 10 heteroatoms. The molecule has 1 fully saturated rings. The molecule has 0 aromatic heterocycles. The van der Waals surface area contributed by atoms with Gasteiger partial charge in [0.15, 0.2) is 0 Å². The van der Waals surface area contributed by atoms with E-state index in [4.69, 9.17) is 38.2 Å². The summed E-state index contributed by atoms with van der Waals surface area (Å²) in [6.07, 6.45) is 17.9. The lowest BCUT2D eigenvalue weighted by Gasteiger charge is -2.27. The summed E-state index contributed by atoms with van der Waals surface area (Å²) >= 11 is 5.01. The highest BCUT2D eigenvalue weighted by molar-refractivity contribution is 8.07. The topological polar surface area (TPSA) is 86.2 Å². The quantitative estimate of drug-likeness (QED) is 0.0955. The Labute approximate surface area is 226 Å². The van der Waals surface area contributed by atoms with E-state index in [1.165, 1.54) is 77.7 Å². The number of methoxy groups -OCH3 is 1. The van der Waals surface area contributed by atoms with Crippen molar-refractivity contribution < 1.29 is 28.2 Å². The second-order valence-electron chi connectivity index (χ2n) is 9.96. The normalized spacial score (nSPS) is 23.6. The highest BCUT2D eigenvalue weighted by atomic mass is 32.5. The molecule has 210 valence electrons. The standard InChI is InChI=1S/C26H51BNO6PS/c1-4-5-6-7-8-9-10-11-12-13-14-15-16-19-24(29)28-20-17-18-22-25(34-35(30,36)32-3)23(21-31-2)33-26(22)27/h22-23,25-26H,4-21H2,1-3H3,(H,28,29)(H,30,36)/t22?,23-,25-,26-,35?/m1/s1. The summed E-state index contributed by atoms with van der Waals surface area (Å²) in [4.78, 5) is 22.3. The van der Waals surface area contributed by atoms with Gasteiger partial charge >= 0.3 is 6.72 Å². The van der Waals surface area contributed by atoms with Gasteiger partial charge in [-0.25, -0.2) is 0 Å². The molecule has 0 spiro atoms. The Morgan fingerprint density at radius 2 is 1.53 bits per heavy atom. The number of hydrogen-bond donors (Lipinski definition) is 2. The van der Waals surface area contributed by atoms with Crippen LogP contribution < -0.4 is 5.32 Å². The second-order valence-corrected chi connectivity index (χ2v) is 12.9. The Morgan fingerprint density at radius 3 is 2.06 bits per heavy atom. The van der Waals surface area contributed by atoms with Crippen molar-refractivity contribution in [2.45, 2.75) is 128 Å². The van der Waals surface area contributed by atoms with Crippen molar-refractivity contribution in [1.82, 2.24) is 5.32 Å². The SMILES string of the molecule is [B][C@@H]1O[C@H](COC)[C@H](OP(O)(=S)OC)C1CCCNC(=O)CCCCCCCCCCCCCCC. The zero-order valence-electron chi connectivity index (χ0n) is 23.0. The van der Waals surface area contributed by atoms with Crippen molar-refractivity contribution >= 4 is 32.3 Å². The van der Waals surface area contributed by atoms with Gasteiger partial charge in [0.1, 0.15) is 20.1 Å². The summed E-state index contributed by atoms with van der Waals surface area (Å²) in [6, 6.07) is -0.552. The van der Waals surface area contributed by atoms with E-state index in [1.807, 2.05) is 0 Å². The number of carbonyl (C=O) groups is 1. The predicted octanol–water partition coefficient (Wildman–Crippen LogP) is 5.77. The third-order valence-electron chi connectivity index (χ3n) is 6.90. The lowest BCUT2D eigenvalue weighted by Crippen LogP contribution is -2.33. The lowest BCUT2D eigenvalue weighted by atomic mass is 9.82. The van der Waals surface area contributed by atoms with Crippen molar-refractivity contribution in [2.75, 3.05) is 27.4 Å². The Hall–Kier alpha value is -0.0151. The van der Waals surface area contributed by atoms with E-state index in [1.54, 1.807) is 7.11 Å². The highest BCUT2D eigenvalue weighted by Crippen LogP contribution is 2.48. The summed E-state index contributed by atoms with van der Waals surface area (Å²) in [7, 11) is 9.05. The van der Waals surface area contributed by atoms with E-state index in [2.05, 4.69) is 12.2 Å². The van der Waals surface area contributed by atoms with Gasteiger partial charge in [0.25, 0.3) is 0 Å². The van der Waals surface area contributed by atoms with Crippen molar-refractivity contribution in [3.8, 4) is 0 Å². The van der Waals surface area contributed by atoms with Crippen LogP contribution in [0.3, 0.4) is 0 Å². The Balaban J connectivity index is 2.10. The Kier molecular flexibility index (Phi) is 19.7. The van der Waals surface area contributed by atoms with E-state index in [0.717, 1.165) is 19.3 Å². The molecule has 2 radical (unpaired) electrons. The van der Waals surface area contributed by atoms with E-state index < -0.39 is 24.9 Å². The number of amides is 1. The summed E-state index contributed by atoms with van der Waals surface area (Å²) < 4.78 is 21.6. The number of nitrogens with one attached hydrogen (secondary N) is 1. The molecule has 0 aromatic rings. The number of carbonyl (C=O) groups excluding carboxylic acids is 1. The molecule has 1 amide bonds. The zero-order valence-corrected chi connectivity index (χ0v) is 24.7. The highest BCUT2D eigenvalue weighted by Gasteiger charge is 2.44. The molecule has 1 aliphatic rings. The zero-order chi connectivity index (χ0) is 26.7. The van der Waals surface area contributed by atoms with Gasteiger partial charge in [-0.05, 0) is 31.1 Å². The fourth-order valence-electron chi connectivity index (χ4n) is 4.77. The summed E-state index contributed by atoms with van der Waals surface area (Å²) in [6.45, 7) is -0.251. The van der Waals surface area contributed by atoms with Crippen LogP contribution in [0.4, 0.5) is 0 Å². The van der Waals surface area contributed by atoms with Crippen LogP contribution in [-0.4, -0.2) is 64.2 Å². The molecule has 5 atom stereocenters. The first-order chi connectivity index (χ1) is 17.3. The van der Waals surface area contributed by atoms with Crippen LogP contribution in [0, 0.1) is 5.92 Å². The molecule has 36 heavy (non-hydrogen) atoms. The van der Waals surface area contributed by atoms with Crippen LogP contribution in [0.5, 0.6) is 0 Å². The average molecular weight is 548 g/mol. The lowest BCUT2D eigenvalue weighted by molar-refractivity contribution is -0.121. The van der Waals surface area contributed by atoms with E-state index >= 15 is 0 Å². The van der Waals surface area contributed by atoms with Gasteiger partial charge in [0, 0.05) is 39.1 Å². The largest absolute Gasteiger partial charge is 0.382 e. The van der Waals surface area contributed by atoms with Crippen LogP contribution >= 0.6 is 6.72 Å². The summed E-state index contributed by atoms with van der Waals surface area (Å²) in [5.74, 6) is -0.0759. The molecule has 2 N–H and O–H groups in total. The van der Waals surface area contributed by atoms with Crippen molar-refractivity contribution in [3.05, 3.63) is 0 Å². The summed E-state index contributed by atoms with van der Waals surface area (Å²) in [5.41, 5.74) is 0. The van der Waals surface area contributed by atoms with Crippen LogP contribution in [0.25, 0.3) is 0 Å².